The molecule has 4 atom stereocenters. The number of hydrogen-bond acceptors (Lipinski definition) is 12. The molecule has 0 spiro atoms. The van der Waals surface area contributed by atoms with Crippen LogP contribution in [0.5, 0.6) is 0 Å². The number of nitrogens with one attached hydrogen (secondary N) is 2. The Labute approximate surface area is 226 Å². The van der Waals surface area contributed by atoms with Gasteiger partial charge < -0.3 is 39.7 Å². The second kappa shape index (κ2) is 11.7. The van der Waals surface area contributed by atoms with Crippen LogP contribution in [0.1, 0.15) is 62.8 Å². The summed E-state index contributed by atoms with van der Waals surface area (Å²) in [6.07, 6.45) is 3.60. The molecule has 3 saturated heterocycles. The van der Waals surface area contributed by atoms with Gasteiger partial charge in [0.1, 0.15) is 18.3 Å². The van der Waals surface area contributed by atoms with Gasteiger partial charge in [0.15, 0.2) is 29.0 Å². The first-order valence-corrected chi connectivity index (χ1v) is 14.1. The highest BCUT2D eigenvalue weighted by molar-refractivity contribution is 5.84. The molecule has 0 aromatic carbocycles. The SMILES string of the molecule is CCc1cc([C@H]2O[C@@H](n3cnc4c(NC5CCOCC5)nc(NCCN5CCCCC5)nc43)[C@H](O)[C@@H]2O)on1. The maximum absolute atomic E-state index is 11.0. The van der Waals surface area contributed by atoms with Crippen molar-refractivity contribution < 1.29 is 24.2 Å². The van der Waals surface area contributed by atoms with Crippen molar-refractivity contribution in [1.82, 2.24) is 29.6 Å². The Hall–Kier alpha value is -2.84. The fourth-order valence-corrected chi connectivity index (χ4v) is 5.58. The normalized spacial score (nSPS) is 26.8. The van der Waals surface area contributed by atoms with Gasteiger partial charge in [-0.25, -0.2) is 4.98 Å². The monoisotopic (exact) mass is 542 g/mol. The largest absolute Gasteiger partial charge is 0.387 e. The van der Waals surface area contributed by atoms with Crippen molar-refractivity contribution in [3.05, 3.63) is 23.8 Å². The molecule has 6 rings (SSSR count). The predicted molar refractivity (Wildman–Crippen MR) is 142 cm³/mol. The number of hydrogen-bond donors (Lipinski definition) is 4. The minimum Gasteiger partial charge on any atom is -0.387 e. The van der Waals surface area contributed by atoms with Crippen molar-refractivity contribution in [2.45, 2.75) is 76.0 Å². The highest BCUT2D eigenvalue weighted by Crippen LogP contribution is 2.40. The highest BCUT2D eigenvalue weighted by atomic mass is 16.6. The minimum absolute atomic E-state index is 0.210. The van der Waals surface area contributed by atoms with Gasteiger partial charge >= 0.3 is 0 Å². The summed E-state index contributed by atoms with van der Waals surface area (Å²) in [5.74, 6) is 1.48. The first-order chi connectivity index (χ1) is 19.1. The Balaban J connectivity index is 1.27. The van der Waals surface area contributed by atoms with E-state index in [0.717, 1.165) is 38.2 Å². The third-order valence-electron chi connectivity index (χ3n) is 7.88. The molecular weight excluding hydrogens is 504 g/mol. The molecule has 3 aliphatic heterocycles. The molecule has 4 N–H and O–H groups in total. The summed E-state index contributed by atoms with van der Waals surface area (Å²) in [5, 5.41) is 32.7. The maximum Gasteiger partial charge on any atom is 0.226 e. The van der Waals surface area contributed by atoms with E-state index in [-0.39, 0.29) is 6.04 Å². The van der Waals surface area contributed by atoms with Gasteiger partial charge in [0, 0.05) is 38.4 Å². The van der Waals surface area contributed by atoms with E-state index in [1.165, 1.54) is 19.3 Å². The van der Waals surface area contributed by atoms with Crippen molar-refractivity contribution in [2.75, 3.05) is 50.0 Å². The topological polar surface area (TPSA) is 156 Å². The molecule has 0 amide bonds. The van der Waals surface area contributed by atoms with Crippen LogP contribution in [-0.2, 0) is 15.9 Å². The van der Waals surface area contributed by atoms with Gasteiger partial charge in [-0.05, 0) is 45.2 Å². The fourth-order valence-electron chi connectivity index (χ4n) is 5.58. The molecule has 0 saturated carbocycles. The van der Waals surface area contributed by atoms with Crippen LogP contribution in [0.4, 0.5) is 11.8 Å². The molecule has 3 aromatic heterocycles. The third-order valence-corrected chi connectivity index (χ3v) is 7.88. The van der Waals surface area contributed by atoms with Gasteiger partial charge in [0.2, 0.25) is 5.95 Å². The van der Waals surface area contributed by atoms with Gasteiger partial charge in [-0.2, -0.15) is 9.97 Å². The molecule has 3 fully saturated rings. The van der Waals surface area contributed by atoms with Crippen LogP contribution in [-0.4, -0.2) is 97.4 Å². The molecule has 0 bridgehead atoms. The Morgan fingerprint density at radius 2 is 1.90 bits per heavy atom. The standard InChI is InChI=1S/C26H38N8O5/c1-2-16-14-18(39-32-16)22-20(35)21(36)25(38-22)34-15-28-19-23(29-17-6-12-37-13-7-17)30-26(31-24(19)34)27-8-11-33-9-4-3-5-10-33/h14-15,17,20-22,25,35-36H,2-13H2,1H3,(H2,27,29,30,31)/t20-,21+,22+,25+/m0/s1. The molecular formula is C26H38N8O5. The molecule has 13 heteroatoms. The van der Waals surface area contributed by atoms with E-state index in [0.29, 0.717) is 54.9 Å². The summed E-state index contributed by atoms with van der Waals surface area (Å²) < 4.78 is 18.7. The number of fused-ring (bicyclic) bond motifs is 1. The van der Waals surface area contributed by atoms with E-state index < -0.39 is 24.5 Å². The second-order valence-electron chi connectivity index (χ2n) is 10.6. The van der Waals surface area contributed by atoms with Gasteiger partial charge in [-0.15, -0.1) is 0 Å². The molecule has 0 unspecified atom stereocenters. The molecule has 3 aliphatic rings. The van der Waals surface area contributed by atoms with Crippen molar-refractivity contribution in [1.29, 1.82) is 0 Å². The highest BCUT2D eigenvalue weighted by Gasteiger charge is 2.47. The lowest BCUT2D eigenvalue weighted by atomic mass is 10.1. The quantitative estimate of drug-likeness (QED) is 0.312. The molecule has 212 valence electrons. The number of aromatic nitrogens is 5. The van der Waals surface area contributed by atoms with Crippen LogP contribution < -0.4 is 10.6 Å². The second-order valence-corrected chi connectivity index (χ2v) is 10.6. The van der Waals surface area contributed by atoms with E-state index in [4.69, 9.17) is 24.0 Å². The summed E-state index contributed by atoms with van der Waals surface area (Å²) in [4.78, 5) is 16.6. The van der Waals surface area contributed by atoms with Crippen LogP contribution in [0, 0.1) is 0 Å². The number of imidazole rings is 1. The molecule has 39 heavy (non-hydrogen) atoms. The van der Waals surface area contributed by atoms with Crippen molar-refractivity contribution in [2.24, 2.45) is 0 Å². The van der Waals surface area contributed by atoms with Crippen LogP contribution in [0.3, 0.4) is 0 Å². The van der Waals surface area contributed by atoms with Gasteiger partial charge in [-0.3, -0.25) is 4.57 Å². The first kappa shape index (κ1) is 26.4. The van der Waals surface area contributed by atoms with Crippen molar-refractivity contribution in [3.8, 4) is 0 Å². The zero-order valence-electron chi connectivity index (χ0n) is 22.3. The Morgan fingerprint density at radius 3 is 2.67 bits per heavy atom. The molecule has 13 nitrogen and oxygen atoms in total. The average molecular weight is 543 g/mol. The summed E-state index contributed by atoms with van der Waals surface area (Å²) in [7, 11) is 0. The number of rotatable bonds is 9. The van der Waals surface area contributed by atoms with Crippen LogP contribution in [0.25, 0.3) is 11.2 Å². The van der Waals surface area contributed by atoms with Gasteiger partial charge in [-0.1, -0.05) is 18.5 Å². The lowest BCUT2D eigenvalue weighted by Gasteiger charge is -2.26. The molecule has 0 radical (unpaired) electrons. The predicted octanol–water partition coefficient (Wildman–Crippen LogP) is 1.86. The number of ether oxygens (including phenoxy) is 2. The van der Waals surface area contributed by atoms with Crippen LogP contribution in [0.15, 0.2) is 16.9 Å². The van der Waals surface area contributed by atoms with E-state index in [1.54, 1.807) is 17.0 Å². The number of aliphatic hydroxyl groups is 2. The minimum atomic E-state index is -1.22. The van der Waals surface area contributed by atoms with Crippen molar-refractivity contribution >= 4 is 22.9 Å². The number of nitrogens with zero attached hydrogens (tertiary/aromatic N) is 6. The van der Waals surface area contributed by atoms with Gasteiger partial charge in [0.05, 0.1) is 12.0 Å². The Morgan fingerprint density at radius 1 is 1.08 bits per heavy atom. The number of aryl methyl sites for hydroxylation is 1. The van der Waals surface area contributed by atoms with Crippen LogP contribution in [0.2, 0.25) is 0 Å². The summed E-state index contributed by atoms with van der Waals surface area (Å²) in [6.45, 7) is 7.23. The lowest BCUT2D eigenvalue weighted by Crippen LogP contribution is -2.34. The number of likely N-dealkylation sites (tertiary alicyclic amines) is 1. The first-order valence-electron chi connectivity index (χ1n) is 14.1. The lowest BCUT2D eigenvalue weighted by molar-refractivity contribution is -0.0434. The van der Waals surface area contributed by atoms with E-state index in [2.05, 4.69) is 25.7 Å². The number of anilines is 2. The van der Waals surface area contributed by atoms with Crippen molar-refractivity contribution in [3.63, 3.8) is 0 Å². The smallest absolute Gasteiger partial charge is 0.226 e. The zero-order chi connectivity index (χ0) is 26.8. The molecule has 3 aromatic rings. The zero-order valence-corrected chi connectivity index (χ0v) is 22.3. The average Bonchev–Trinajstić information content (AvgIpc) is 3.68. The van der Waals surface area contributed by atoms with E-state index in [1.807, 2.05) is 6.92 Å². The molecule has 6 heterocycles. The molecule has 0 aliphatic carbocycles. The fraction of sp³-hybridized carbons (Fsp3) is 0.692. The summed E-state index contributed by atoms with van der Waals surface area (Å²) in [5.41, 5.74) is 1.83. The Kier molecular flexibility index (Phi) is 7.93. The van der Waals surface area contributed by atoms with E-state index in [9.17, 15) is 10.2 Å². The number of piperidine rings is 1. The number of aliphatic hydroxyl groups excluding tert-OH is 2. The van der Waals surface area contributed by atoms with Gasteiger partial charge in [0.25, 0.3) is 0 Å². The summed E-state index contributed by atoms with van der Waals surface area (Å²) >= 11 is 0. The summed E-state index contributed by atoms with van der Waals surface area (Å²) in [6, 6.07) is 1.96. The van der Waals surface area contributed by atoms with E-state index >= 15 is 0 Å². The maximum atomic E-state index is 11.0. The Bertz CT molecular complexity index is 1240. The van der Waals surface area contributed by atoms with Crippen LogP contribution >= 0.6 is 0 Å². The third kappa shape index (κ3) is 5.59.